The molecule has 3 heterocycles. The fourth-order valence-electron chi connectivity index (χ4n) is 3.94. The maximum atomic E-state index is 12.9. The molecule has 2 aliphatic rings. The van der Waals surface area contributed by atoms with Gasteiger partial charge in [0, 0.05) is 49.6 Å². The molecule has 1 aromatic heterocycles. The van der Waals surface area contributed by atoms with E-state index in [1.54, 1.807) is 30.4 Å². The summed E-state index contributed by atoms with van der Waals surface area (Å²) in [5.74, 6) is 1.68. The topological polar surface area (TPSA) is 67.7 Å². The van der Waals surface area contributed by atoms with Crippen LogP contribution in [0.1, 0.15) is 23.7 Å². The number of amides is 1. The van der Waals surface area contributed by atoms with Crippen LogP contribution in [0.4, 0.5) is 5.69 Å². The van der Waals surface area contributed by atoms with Crippen LogP contribution in [0.5, 0.6) is 5.75 Å². The SMILES string of the molecule is COc1ccccc1N1CCN(C(=O)CC2CSc3nc(C)c(C)c(=O)n32)CC1. The van der Waals surface area contributed by atoms with Crippen molar-refractivity contribution in [1.29, 1.82) is 0 Å². The molecule has 7 nitrogen and oxygen atoms in total. The number of ether oxygens (including phenoxy) is 1. The van der Waals surface area contributed by atoms with Gasteiger partial charge >= 0.3 is 0 Å². The lowest BCUT2D eigenvalue weighted by Gasteiger charge is -2.37. The van der Waals surface area contributed by atoms with E-state index in [0.29, 0.717) is 25.1 Å². The molecule has 1 saturated heterocycles. The third kappa shape index (κ3) is 3.73. The quantitative estimate of drug-likeness (QED) is 0.715. The zero-order valence-electron chi connectivity index (χ0n) is 17.1. The number of carbonyl (C=O) groups excluding carboxylic acids is 1. The summed E-state index contributed by atoms with van der Waals surface area (Å²) in [5.41, 5.74) is 2.48. The Morgan fingerprint density at radius 2 is 1.93 bits per heavy atom. The highest BCUT2D eigenvalue weighted by molar-refractivity contribution is 7.99. The second-order valence-corrected chi connectivity index (χ2v) is 8.48. The number of thioether (sulfide) groups is 1. The van der Waals surface area contributed by atoms with Crippen LogP contribution in [0.2, 0.25) is 0 Å². The van der Waals surface area contributed by atoms with E-state index in [0.717, 1.165) is 41.1 Å². The van der Waals surface area contributed by atoms with Crippen LogP contribution in [0, 0.1) is 13.8 Å². The van der Waals surface area contributed by atoms with Crippen LogP contribution in [0.25, 0.3) is 0 Å². The standard InChI is InChI=1S/C21H26N4O3S/c1-14-15(2)22-21-25(20(14)27)16(13-29-21)12-19(26)24-10-8-23(9-11-24)17-6-4-5-7-18(17)28-3/h4-7,16H,8-13H2,1-3H3. The number of hydrogen-bond acceptors (Lipinski definition) is 6. The second-order valence-electron chi connectivity index (χ2n) is 7.49. The van der Waals surface area contributed by atoms with Crippen molar-refractivity contribution in [2.45, 2.75) is 31.5 Å². The van der Waals surface area contributed by atoms with E-state index in [-0.39, 0.29) is 17.5 Å². The highest BCUT2D eigenvalue weighted by atomic mass is 32.2. The van der Waals surface area contributed by atoms with Crippen LogP contribution in [0.3, 0.4) is 0 Å². The maximum absolute atomic E-state index is 12.9. The molecule has 0 spiro atoms. The molecule has 1 fully saturated rings. The van der Waals surface area contributed by atoms with E-state index >= 15 is 0 Å². The van der Waals surface area contributed by atoms with Crippen molar-refractivity contribution in [2.24, 2.45) is 0 Å². The van der Waals surface area contributed by atoms with Gasteiger partial charge in [0.1, 0.15) is 5.75 Å². The Hall–Kier alpha value is -2.48. The molecule has 1 atom stereocenters. The molecule has 4 rings (SSSR count). The van der Waals surface area contributed by atoms with Gasteiger partial charge in [0.2, 0.25) is 5.91 Å². The molecule has 0 N–H and O–H groups in total. The lowest BCUT2D eigenvalue weighted by Crippen LogP contribution is -2.49. The van der Waals surface area contributed by atoms with Gasteiger partial charge in [-0.2, -0.15) is 0 Å². The van der Waals surface area contributed by atoms with Crippen molar-refractivity contribution < 1.29 is 9.53 Å². The monoisotopic (exact) mass is 414 g/mol. The number of benzene rings is 1. The number of carbonyl (C=O) groups is 1. The van der Waals surface area contributed by atoms with Gasteiger partial charge in [-0.1, -0.05) is 23.9 Å². The van der Waals surface area contributed by atoms with Crippen LogP contribution < -0.4 is 15.2 Å². The van der Waals surface area contributed by atoms with E-state index < -0.39 is 0 Å². The van der Waals surface area contributed by atoms with Crippen LogP contribution >= 0.6 is 11.8 Å². The third-order valence-corrected chi connectivity index (χ3v) is 6.89. The molecule has 0 bridgehead atoms. The van der Waals surface area contributed by atoms with Gasteiger partial charge in [-0.05, 0) is 26.0 Å². The van der Waals surface area contributed by atoms with E-state index in [2.05, 4.69) is 9.88 Å². The van der Waals surface area contributed by atoms with Gasteiger partial charge in [-0.25, -0.2) is 4.98 Å². The Kier molecular flexibility index (Phi) is 5.54. The van der Waals surface area contributed by atoms with E-state index in [4.69, 9.17) is 4.74 Å². The lowest BCUT2D eigenvalue weighted by atomic mass is 10.1. The molecule has 1 amide bonds. The van der Waals surface area contributed by atoms with Crippen molar-refractivity contribution in [2.75, 3.05) is 43.9 Å². The van der Waals surface area contributed by atoms with Crippen molar-refractivity contribution >= 4 is 23.4 Å². The Morgan fingerprint density at radius 3 is 2.66 bits per heavy atom. The minimum atomic E-state index is -0.117. The van der Waals surface area contributed by atoms with E-state index in [9.17, 15) is 9.59 Å². The van der Waals surface area contributed by atoms with Crippen molar-refractivity contribution in [1.82, 2.24) is 14.5 Å². The predicted octanol–water partition coefficient (Wildman–Crippen LogP) is 2.25. The molecule has 0 radical (unpaired) electrons. The molecule has 0 saturated carbocycles. The fraction of sp³-hybridized carbons (Fsp3) is 0.476. The van der Waals surface area contributed by atoms with Crippen molar-refractivity contribution in [3.05, 3.63) is 45.9 Å². The first-order valence-corrected chi connectivity index (χ1v) is 10.9. The van der Waals surface area contributed by atoms with Gasteiger partial charge in [0.05, 0.1) is 18.8 Å². The summed E-state index contributed by atoms with van der Waals surface area (Å²) in [6.45, 7) is 6.53. The molecule has 2 aromatic rings. The van der Waals surface area contributed by atoms with Crippen LogP contribution in [-0.2, 0) is 4.79 Å². The Morgan fingerprint density at radius 1 is 1.21 bits per heavy atom. The molecule has 1 aromatic carbocycles. The second kappa shape index (κ2) is 8.10. The van der Waals surface area contributed by atoms with Gasteiger partial charge in [-0.3, -0.25) is 14.2 Å². The smallest absolute Gasteiger partial charge is 0.257 e. The first-order chi connectivity index (χ1) is 14.0. The third-order valence-electron chi connectivity index (χ3n) is 5.79. The summed E-state index contributed by atoms with van der Waals surface area (Å²) in [7, 11) is 1.68. The number of nitrogens with zero attached hydrogens (tertiary/aromatic N) is 4. The molecule has 1 unspecified atom stereocenters. The molecular formula is C21H26N4O3S. The van der Waals surface area contributed by atoms with Gasteiger partial charge in [-0.15, -0.1) is 0 Å². The summed E-state index contributed by atoms with van der Waals surface area (Å²) < 4.78 is 7.18. The summed E-state index contributed by atoms with van der Waals surface area (Å²) >= 11 is 1.56. The number of para-hydroxylation sites is 2. The fourth-order valence-corrected chi connectivity index (χ4v) is 5.12. The highest BCUT2D eigenvalue weighted by Crippen LogP contribution is 2.33. The number of aromatic nitrogens is 2. The van der Waals surface area contributed by atoms with Gasteiger partial charge in [0.15, 0.2) is 5.16 Å². The summed E-state index contributed by atoms with van der Waals surface area (Å²) in [6, 6.07) is 7.85. The van der Waals surface area contributed by atoms with Crippen LogP contribution in [0.15, 0.2) is 34.2 Å². The molecule has 154 valence electrons. The lowest BCUT2D eigenvalue weighted by molar-refractivity contribution is -0.132. The number of aryl methyl sites for hydroxylation is 1. The Labute approximate surface area is 174 Å². The summed E-state index contributed by atoms with van der Waals surface area (Å²) in [5, 5.41) is 0.733. The predicted molar refractivity (Wildman–Crippen MR) is 114 cm³/mol. The Balaban J connectivity index is 1.41. The van der Waals surface area contributed by atoms with E-state index in [1.165, 1.54) is 0 Å². The highest BCUT2D eigenvalue weighted by Gasteiger charge is 2.31. The normalized spacial score (nSPS) is 18.7. The zero-order valence-corrected chi connectivity index (χ0v) is 17.9. The van der Waals surface area contributed by atoms with Crippen molar-refractivity contribution in [3.8, 4) is 5.75 Å². The minimum absolute atomic E-state index is 0.0173. The summed E-state index contributed by atoms with van der Waals surface area (Å²) in [6.07, 6.45) is 0.346. The first-order valence-electron chi connectivity index (χ1n) is 9.88. The number of fused-ring (bicyclic) bond motifs is 1. The number of hydrogen-bond donors (Lipinski definition) is 0. The molecule has 2 aliphatic heterocycles. The molecule has 8 heteroatoms. The van der Waals surface area contributed by atoms with E-state index in [1.807, 2.05) is 36.1 Å². The number of rotatable bonds is 4. The maximum Gasteiger partial charge on any atom is 0.257 e. The largest absolute Gasteiger partial charge is 0.495 e. The van der Waals surface area contributed by atoms with Gasteiger partial charge < -0.3 is 14.5 Å². The number of methoxy groups -OCH3 is 1. The minimum Gasteiger partial charge on any atom is -0.495 e. The van der Waals surface area contributed by atoms with Crippen LogP contribution in [-0.4, -0.2) is 59.4 Å². The average molecular weight is 415 g/mol. The zero-order chi connectivity index (χ0) is 20.5. The number of piperazine rings is 1. The average Bonchev–Trinajstić information content (AvgIpc) is 3.14. The first kappa shape index (κ1) is 19.8. The molecule has 0 aliphatic carbocycles. The van der Waals surface area contributed by atoms with Gasteiger partial charge in [0.25, 0.3) is 5.56 Å². The Bertz CT molecular complexity index is 982. The van der Waals surface area contributed by atoms with Crippen molar-refractivity contribution in [3.63, 3.8) is 0 Å². The molecule has 29 heavy (non-hydrogen) atoms. The molecular weight excluding hydrogens is 388 g/mol. The number of anilines is 1. The summed E-state index contributed by atoms with van der Waals surface area (Å²) in [4.78, 5) is 34.3.